The summed E-state index contributed by atoms with van der Waals surface area (Å²) in [6.45, 7) is 2.02. The van der Waals surface area contributed by atoms with Crippen molar-refractivity contribution in [3.8, 4) is 0 Å². The fourth-order valence-electron chi connectivity index (χ4n) is 2.10. The summed E-state index contributed by atoms with van der Waals surface area (Å²) in [5, 5.41) is 13.8. The largest absolute Gasteiger partial charge is 0.391 e. The highest BCUT2D eigenvalue weighted by atomic mass is 35.5. The summed E-state index contributed by atoms with van der Waals surface area (Å²) in [4.78, 5) is 0. The number of hydrogen-bond donors (Lipinski definition) is 2. The lowest BCUT2D eigenvalue weighted by atomic mass is 10.1. The van der Waals surface area contributed by atoms with Crippen LogP contribution in [0.3, 0.4) is 0 Å². The zero-order valence-corrected chi connectivity index (χ0v) is 9.59. The van der Waals surface area contributed by atoms with Crippen molar-refractivity contribution in [2.75, 3.05) is 5.32 Å². The molecule has 2 nitrogen and oxygen atoms in total. The molecule has 0 saturated heterocycles. The fraction of sp³-hybridized carbons (Fsp3) is 0.500. The lowest BCUT2D eigenvalue weighted by molar-refractivity contribution is 0.172. The van der Waals surface area contributed by atoms with E-state index in [2.05, 4.69) is 5.32 Å². The highest BCUT2D eigenvalue weighted by Crippen LogP contribution is 2.26. The van der Waals surface area contributed by atoms with Gasteiger partial charge in [-0.1, -0.05) is 11.6 Å². The van der Waals surface area contributed by atoms with Gasteiger partial charge in [-0.15, -0.1) is 0 Å². The molecule has 3 heteroatoms. The number of nitrogens with one attached hydrogen (secondary N) is 1. The molecule has 2 atom stereocenters. The average molecular weight is 226 g/mol. The minimum Gasteiger partial charge on any atom is -0.391 e. The molecule has 2 unspecified atom stereocenters. The van der Waals surface area contributed by atoms with Gasteiger partial charge in [0.2, 0.25) is 0 Å². The molecule has 0 amide bonds. The summed E-state index contributed by atoms with van der Waals surface area (Å²) in [6, 6.07) is 5.98. The van der Waals surface area contributed by atoms with Gasteiger partial charge in [-0.3, -0.25) is 0 Å². The zero-order chi connectivity index (χ0) is 10.8. The molecular formula is C12H16ClNO. The fourth-order valence-corrected chi connectivity index (χ4v) is 2.32. The van der Waals surface area contributed by atoms with E-state index in [0.29, 0.717) is 0 Å². The van der Waals surface area contributed by atoms with E-state index in [1.165, 1.54) is 0 Å². The van der Waals surface area contributed by atoms with E-state index in [0.717, 1.165) is 35.5 Å². The Morgan fingerprint density at radius 1 is 1.40 bits per heavy atom. The van der Waals surface area contributed by atoms with Crippen LogP contribution in [0.15, 0.2) is 18.2 Å². The lowest BCUT2D eigenvalue weighted by Gasteiger charge is -2.19. The molecule has 1 aromatic rings. The van der Waals surface area contributed by atoms with Crippen LogP contribution in [0.25, 0.3) is 0 Å². The first kappa shape index (κ1) is 10.8. The van der Waals surface area contributed by atoms with E-state index in [4.69, 9.17) is 11.6 Å². The molecule has 1 saturated carbocycles. The van der Waals surface area contributed by atoms with Gasteiger partial charge >= 0.3 is 0 Å². The van der Waals surface area contributed by atoms with Gasteiger partial charge in [0.25, 0.3) is 0 Å². The Hall–Kier alpha value is -0.730. The number of aliphatic hydroxyl groups excluding tert-OH is 1. The van der Waals surface area contributed by atoms with Crippen LogP contribution in [0, 0.1) is 6.92 Å². The Kier molecular flexibility index (Phi) is 3.17. The SMILES string of the molecule is Cc1cc(Cl)ccc1NC1CCCC1O. The number of hydrogen-bond acceptors (Lipinski definition) is 2. The monoisotopic (exact) mass is 225 g/mol. The normalized spacial score (nSPS) is 25.5. The van der Waals surface area contributed by atoms with Crippen LogP contribution in [0.1, 0.15) is 24.8 Å². The highest BCUT2D eigenvalue weighted by Gasteiger charge is 2.25. The van der Waals surface area contributed by atoms with Crippen molar-refractivity contribution in [3.05, 3.63) is 28.8 Å². The van der Waals surface area contributed by atoms with Crippen molar-refractivity contribution in [2.45, 2.75) is 38.3 Å². The molecule has 0 heterocycles. The summed E-state index contributed by atoms with van der Waals surface area (Å²) >= 11 is 5.89. The van der Waals surface area contributed by atoms with Gasteiger partial charge in [-0.05, 0) is 49.9 Å². The smallest absolute Gasteiger partial charge is 0.0741 e. The third-order valence-corrected chi connectivity index (χ3v) is 3.24. The van der Waals surface area contributed by atoms with Crippen LogP contribution in [0.5, 0.6) is 0 Å². The third-order valence-electron chi connectivity index (χ3n) is 3.01. The number of anilines is 1. The summed E-state index contributed by atoms with van der Waals surface area (Å²) in [7, 11) is 0. The maximum Gasteiger partial charge on any atom is 0.0741 e. The molecule has 0 radical (unpaired) electrons. The molecule has 1 aliphatic carbocycles. The van der Waals surface area contributed by atoms with Gasteiger partial charge in [0.1, 0.15) is 0 Å². The average Bonchev–Trinajstić information content (AvgIpc) is 2.57. The van der Waals surface area contributed by atoms with Gasteiger partial charge in [0.05, 0.1) is 12.1 Å². The van der Waals surface area contributed by atoms with Crippen molar-refractivity contribution in [1.82, 2.24) is 0 Å². The Morgan fingerprint density at radius 3 is 2.80 bits per heavy atom. The molecule has 2 rings (SSSR count). The quantitative estimate of drug-likeness (QED) is 0.811. The number of rotatable bonds is 2. The van der Waals surface area contributed by atoms with E-state index in [1.807, 2.05) is 25.1 Å². The summed E-state index contributed by atoms with van der Waals surface area (Å²) in [5.74, 6) is 0. The van der Waals surface area contributed by atoms with E-state index in [9.17, 15) is 5.11 Å². The first-order valence-electron chi connectivity index (χ1n) is 5.37. The highest BCUT2D eigenvalue weighted by molar-refractivity contribution is 6.30. The molecule has 15 heavy (non-hydrogen) atoms. The number of halogens is 1. The summed E-state index contributed by atoms with van der Waals surface area (Å²) in [5.41, 5.74) is 2.20. The molecule has 1 aromatic carbocycles. The first-order chi connectivity index (χ1) is 7.16. The van der Waals surface area contributed by atoms with E-state index >= 15 is 0 Å². The van der Waals surface area contributed by atoms with Crippen molar-refractivity contribution >= 4 is 17.3 Å². The maximum absolute atomic E-state index is 9.71. The zero-order valence-electron chi connectivity index (χ0n) is 8.83. The molecule has 0 bridgehead atoms. The van der Waals surface area contributed by atoms with Crippen LogP contribution in [-0.4, -0.2) is 17.3 Å². The standard InChI is InChI=1S/C12H16ClNO/c1-8-7-9(13)5-6-10(8)14-11-3-2-4-12(11)15/h5-7,11-12,14-15H,2-4H2,1H3. The maximum atomic E-state index is 9.71. The number of aryl methyl sites for hydroxylation is 1. The Balaban J connectivity index is 2.10. The van der Waals surface area contributed by atoms with Gasteiger partial charge in [0, 0.05) is 10.7 Å². The van der Waals surface area contributed by atoms with E-state index in [1.54, 1.807) is 0 Å². The second-order valence-corrected chi connectivity index (χ2v) is 4.64. The molecule has 82 valence electrons. The molecule has 2 N–H and O–H groups in total. The Labute approximate surface area is 95.3 Å². The van der Waals surface area contributed by atoms with Crippen molar-refractivity contribution < 1.29 is 5.11 Å². The van der Waals surface area contributed by atoms with Crippen LogP contribution in [-0.2, 0) is 0 Å². The van der Waals surface area contributed by atoms with Crippen molar-refractivity contribution in [1.29, 1.82) is 0 Å². The first-order valence-corrected chi connectivity index (χ1v) is 5.75. The second-order valence-electron chi connectivity index (χ2n) is 4.21. The second kappa shape index (κ2) is 4.42. The molecule has 0 aromatic heterocycles. The lowest BCUT2D eigenvalue weighted by Crippen LogP contribution is -2.28. The molecule has 1 fully saturated rings. The number of aliphatic hydroxyl groups is 1. The van der Waals surface area contributed by atoms with Gasteiger partial charge < -0.3 is 10.4 Å². The molecule has 0 spiro atoms. The van der Waals surface area contributed by atoms with Crippen LogP contribution in [0.4, 0.5) is 5.69 Å². The molecular weight excluding hydrogens is 210 g/mol. The summed E-state index contributed by atoms with van der Waals surface area (Å²) < 4.78 is 0. The van der Waals surface area contributed by atoms with Gasteiger partial charge in [0.15, 0.2) is 0 Å². The van der Waals surface area contributed by atoms with E-state index in [-0.39, 0.29) is 12.1 Å². The third kappa shape index (κ3) is 2.44. The van der Waals surface area contributed by atoms with Gasteiger partial charge in [-0.2, -0.15) is 0 Å². The van der Waals surface area contributed by atoms with E-state index < -0.39 is 0 Å². The molecule has 1 aliphatic rings. The van der Waals surface area contributed by atoms with Gasteiger partial charge in [-0.25, -0.2) is 0 Å². The minimum absolute atomic E-state index is 0.199. The topological polar surface area (TPSA) is 32.3 Å². The van der Waals surface area contributed by atoms with Crippen LogP contribution < -0.4 is 5.32 Å². The predicted molar refractivity (Wildman–Crippen MR) is 63.5 cm³/mol. The van der Waals surface area contributed by atoms with Crippen LogP contribution >= 0.6 is 11.6 Å². The van der Waals surface area contributed by atoms with Crippen molar-refractivity contribution in [3.63, 3.8) is 0 Å². The number of benzene rings is 1. The predicted octanol–water partition coefficient (Wildman–Crippen LogP) is 2.97. The Morgan fingerprint density at radius 2 is 2.20 bits per heavy atom. The summed E-state index contributed by atoms with van der Waals surface area (Å²) in [6.07, 6.45) is 2.85. The van der Waals surface area contributed by atoms with Crippen molar-refractivity contribution in [2.24, 2.45) is 0 Å². The molecule has 0 aliphatic heterocycles. The minimum atomic E-state index is -0.208. The Bertz CT molecular complexity index is 353. The van der Waals surface area contributed by atoms with Crippen LogP contribution in [0.2, 0.25) is 5.02 Å².